The zero-order chi connectivity index (χ0) is 16.7. The first-order valence-corrected chi connectivity index (χ1v) is 9.24. The summed E-state index contributed by atoms with van der Waals surface area (Å²) in [6.45, 7) is 3.12. The fourth-order valence-corrected chi connectivity index (χ4v) is 5.00. The molecule has 0 aromatic heterocycles. The zero-order valence-electron chi connectivity index (χ0n) is 13.2. The van der Waals surface area contributed by atoms with Crippen LogP contribution in [0.2, 0.25) is 0 Å². The van der Waals surface area contributed by atoms with Crippen molar-refractivity contribution in [1.29, 1.82) is 0 Å². The van der Waals surface area contributed by atoms with E-state index in [4.69, 9.17) is 0 Å². The van der Waals surface area contributed by atoms with E-state index in [0.29, 0.717) is 0 Å². The summed E-state index contributed by atoms with van der Waals surface area (Å²) < 4.78 is 13.6. The minimum absolute atomic E-state index is 0.0378. The van der Waals surface area contributed by atoms with E-state index in [0.717, 1.165) is 26.1 Å². The van der Waals surface area contributed by atoms with Gasteiger partial charge in [-0.25, -0.2) is 0 Å². The van der Waals surface area contributed by atoms with Crippen LogP contribution in [-0.4, -0.2) is 37.5 Å². The summed E-state index contributed by atoms with van der Waals surface area (Å²) in [4.78, 5) is 1.60. The van der Waals surface area contributed by atoms with Crippen molar-refractivity contribution in [2.45, 2.75) is 24.5 Å². The van der Waals surface area contributed by atoms with E-state index in [1.165, 1.54) is 6.92 Å². The number of hydrogen-bond acceptors (Lipinski definition) is 4. The Kier molecular flexibility index (Phi) is 4.06. The number of rotatable bonds is 4. The van der Waals surface area contributed by atoms with Crippen molar-refractivity contribution in [3.8, 4) is 0 Å². The standard InChI is InChI=1S/C18H21NO3S/c1-13-7-8-16-9-14-5-3-4-6-15(14)10-17(16)23(13,22)12-19-11-18(2,20)21/h3-10,19-21H,11-12H2,1-2H3. The fourth-order valence-electron chi connectivity index (χ4n) is 2.77. The van der Waals surface area contributed by atoms with E-state index in [-0.39, 0.29) is 12.4 Å². The lowest BCUT2D eigenvalue weighted by Crippen LogP contribution is -2.40. The van der Waals surface area contributed by atoms with Crippen LogP contribution in [0.15, 0.2) is 47.4 Å². The lowest BCUT2D eigenvalue weighted by molar-refractivity contribution is -0.139. The summed E-state index contributed by atoms with van der Waals surface area (Å²) in [5.74, 6) is -1.63. The molecule has 23 heavy (non-hydrogen) atoms. The zero-order valence-corrected chi connectivity index (χ0v) is 14.1. The summed E-state index contributed by atoms with van der Waals surface area (Å²) in [6.07, 6.45) is 3.88. The maximum atomic E-state index is 13.6. The molecule has 3 rings (SSSR count). The van der Waals surface area contributed by atoms with Crippen molar-refractivity contribution in [3.63, 3.8) is 0 Å². The van der Waals surface area contributed by atoms with Crippen molar-refractivity contribution >= 4 is 31.2 Å². The van der Waals surface area contributed by atoms with Gasteiger partial charge in [-0.15, -0.1) is 0 Å². The Hall–Kier alpha value is -1.66. The average molecular weight is 331 g/mol. The van der Waals surface area contributed by atoms with Crippen molar-refractivity contribution < 1.29 is 14.4 Å². The SMILES string of the molecule is CC1=S(=O)(CNCC(C)(O)O)c2cc3ccccc3cc2C=C1. The Morgan fingerprint density at radius 3 is 2.43 bits per heavy atom. The van der Waals surface area contributed by atoms with E-state index < -0.39 is 15.3 Å². The molecule has 0 saturated heterocycles. The lowest BCUT2D eigenvalue weighted by Gasteiger charge is -2.23. The van der Waals surface area contributed by atoms with Crippen LogP contribution in [0.1, 0.15) is 19.4 Å². The highest BCUT2D eigenvalue weighted by Crippen LogP contribution is 2.29. The van der Waals surface area contributed by atoms with Gasteiger partial charge in [-0.05, 0) is 42.3 Å². The molecule has 3 N–H and O–H groups in total. The largest absolute Gasteiger partial charge is 0.365 e. The second-order valence-electron chi connectivity index (χ2n) is 6.14. The molecule has 1 atom stereocenters. The van der Waals surface area contributed by atoms with Crippen molar-refractivity contribution in [3.05, 3.63) is 48.0 Å². The van der Waals surface area contributed by atoms with Crippen molar-refractivity contribution in [2.75, 3.05) is 12.4 Å². The van der Waals surface area contributed by atoms with Gasteiger partial charge < -0.3 is 15.5 Å². The third kappa shape index (κ3) is 3.19. The molecular weight excluding hydrogens is 310 g/mol. The molecule has 0 radical (unpaired) electrons. The van der Waals surface area contributed by atoms with Gasteiger partial charge in [0.05, 0.1) is 5.88 Å². The molecule has 1 aliphatic heterocycles. The van der Waals surface area contributed by atoms with Gasteiger partial charge in [0.1, 0.15) is 0 Å². The van der Waals surface area contributed by atoms with Crippen LogP contribution in [0.4, 0.5) is 0 Å². The molecule has 0 spiro atoms. The van der Waals surface area contributed by atoms with Crippen LogP contribution in [0, 0.1) is 0 Å². The van der Waals surface area contributed by atoms with E-state index in [1.807, 2.05) is 49.4 Å². The van der Waals surface area contributed by atoms with E-state index in [9.17, 15) is 14.4 Å². The van der Waals surface area contributed by atoms with Crippen LogP contribution in [0.25, 0.3) is 16.8 Å². The maximum absolute atomic E-state index is 13.6. The molecule has 2 aromatic carbocycles. The maximum Gasteiger partial charge on any atom is 0.172 e. The van der Waals surface area contributed by atoms with Crippen LogP contribution in [0.5, 0.6) is 0 Å². The predicted octanol–water partition coefficient (Wildman–Crippen LogP) is 1.95. The first-order chi connectivity index (χ1) is 10.8. The molecule has 0 amide bonds. The Morgan fingerprint density at radius 2 is 1.78 bits per heavy atom. The molecule has 5 heteroatoms. The molecule has 0 bridgehead atoms. The first-order valence-electron chi connectivity index (χ1n) is 7.51. The number of nitrogens with one attached hydrogen (secondary N) is 1. The van der Waals surface area contributed by atoms with Crippen molar-refractivity contribution in [2.24, 2.45) is 0 Å². The smallest absolute Gasteiger partial charge is 0.172 e. The predicted molar refractivity (Wildman–Crippen MR) is 95.8 cm³/mol. The second-order valence-corrected chi connectivity index (χ2v) is 8.87. The topological polar surface area (TPSA) is 69.6 Å². The van der Waals surface area contributed by atoms with E-state index in [1.54, 1.807) is 0 Å². The molecule has 0 aliphatic carbocycles. The van der Waals surface area contributed by atoms with Gasteiger partial charge in [0.2, 0.25) is 0 Å². The molecule has 4 nitrogen and oxygen atoms in total. The van der Waals surface area contributed by atoms with Gasteiger partial charge in [0, 0.05) is 25.8 Å². The minimum Gasteiger partial charge on any atom is -0.365 e. The number of allylic oxidation sites excluding steroid dienone is 1. The molecule has 2 aromatic rings. The van der Waals surface area contributed by atoms with Gasteiger partial charge in [0.15, 0.2) is 5.79 Å². The first kappa shape index (κ1) is 16.2. The molecular formula is C18H21NO3S. The monoisotopic (exact) mass is 331 g/mol. The van der Waals surface area contributed by atoms with Gasteiger partial charge in [0.25, 0.3) is 0 Å². The third-order valence-corrected chi connectivity index (χ3v) is 6.87. The molecule has 0 saturated carbocycles. The number of aliphatic hydroxyl groups is 2. The fraction of sp³-hybridized carbons (Fsp3) is 0.278. The van der Waals surface area contributed by atoms with E-state index >= 15 is 0 Å². The van der Waals surface area contributed by atoms with Gasteiger partial charge in [-0.1, -0.05) is 36.4 Å². The third-order valence-electron chi connectivity index (χ3n) is 4.02. The van der Waals surface area contributed by atoms with Gasteiger partial charge in [-0.3, -0.25) is 4.21 Å². The van der Waals surface area contributed by atoms with Crippen LogP contribution in [-0.2, 0) is 9.52 Å². The normalized spacial score (nSPS) is 20.8. The Labute approximate surface area is 136 Å². The second kappa shape index (κ2) is 5.76. The number of benzene rings is 2. The quantitative estimate of drug-likeness (QED) is 0.592. The molecule has 1 aliphatic rings. The van der Waals surface area contributed by atoms with Crippen LogP contribution in [0.3, 0.4) is 0 Å². The highest BCUT2D eigenvalue weighted by Gasteiger charge is 2.22. The van der Waals surface area contributed by atoms with Crippen LogP contribution < -0.4 is 5.32 Å². The summed E-state index contributed by atoms with van der Waals surface area (Å²) in [7, 11) is -2.45. The Balaban J connectivity index is 2.06. The summed E-state index contributed by atoms with van der Waals surface area (Å²) in [6, 6.07) is 12.0. The summed E-state index contributed by atoms with van der Waals surface area (Å²) in [5, 5.41) is 23.9. The number of hydrogen-bond donors (Lipinski definition) is 3. The van der Waals surface area contributed by atoms with Gasteiger partial charge in [-0.2, -0.15) is 0 Å². The Morgan fingerprint density at radius 1 is 1.13 bits per heavy atom. The van der Waals surface area contributed by atoms with Gasteiger partial charge >= 0.3 is 0 Å². The summed E-state index contributed by atoms with van der Waals surface area (Å²) >= 11 is 0. The van der Waals surface area contributed by atoms with E-state index in [2.05, 4.69) is 11.4 Å². The summed E-state index contributed by atoms with van der Waals surface area (Å²) in [5.41, 5.74) is 0.955. The van der Waals surface area contributed by atoms with Crippen molar-refractivity contribution in [1.82, 2.24) is 5.32 Å². The van der Waals surface area contributed by atoms with Crippen LogP contribution >= 0.6 is 0 Å². The average Bonchev–Trinajstić information content (AvgIpc) is 2.49. The molecule has 0 fully saturated rings. The molecule has 1 heterocycles. The molecule has 1 unspecified atom stereocenters. The highest BCUT2D eigenvalue weighted by molar-refractivity contribution is 8.02. The Bertz CT molecular complexity index is 900. The highest BCUT2D eigenvalue weighted by atomic mass is 32.2. The lowest BCUT2D eigenvalue weighted by atomic mass is 10.1. The minimum atomic E-state index is -2.45. The number of fused-ring (bicyclic) bond motifs is 2. The molecule has 122 valence electrons.